The predicted molar refractivity (Wildman–Crippen MR) is 229 cm³/mol. The van der Waals surface area contributed by atoms with Gasteiger partial charge in [0, 0.05) is 19.3 Å². The van der Waals surface area contributed by atoms with E-state index in [0.717, 1.165) is 69.6 Å². The van der Waals surface area contributed by atoms with Crippen molar-refractivity contribution in [1.82, 2.24) is 0 Å². The lowest BCUT2D eigenvalue weighted by Crippen LogP contribution is -2.30. The summed E-state index contributed by atoms with van der Waals surface area (Å²) in [6.07, 6.45) is 39.6. The van der Waals surface area contributed by atoms with Crippen LogP contribution in [0.25, 0.3) is 0 Å². The SMILES string of the molecule is CCCCCCCCCCCC(=O)O[C@@H](COC(=O)CCCCCCCCCCCCCCCCC(C)CC)COC(=O)CCCCCCCCC(C)C. The molecule has 0 N–H and O–H groups in total. The Hall–Kier alpha value is -1.59. The quantitative estimate of drug-likeness (QED) is 0.0350. The average Bonchev–Trinajstić information content (AvgIpc) is 3.15. The van der Waals surface area contributed by atoms with Crippen LogP contribution in [0.1, 0.15) is 259 Å². The van der Waals surface area contributed by atoms with Crippen LogP contribution in [0, 0.1) is 11.8 Å². The smallest absolute Gasteiger partial charge is 0.306 e. The molecule has 2 atom stereocenters. The van der Waals surface area contributed by atoms with Crippen LogP contribution >= 0.6 is 0 Å². The highest BCUT2D eigenvalue weighted by molar-refractivity contribution is 5.71. The van der Waals surface area contributed by atoms with Gasteiger partial charge < -0.3 is 14.2 Å². The van der Waals surface area contributed by atoms with Gasteiger partial charge in [-0.1, -0.05) is 221 Å². The van der Waals surface area contributed by atoms with Gasteiger partial charge in [0.2, 0.25) is 0 Å². The van der Waals surface area contributed by atoms with Crippen molar-refractivity contribution >= 4 is 17.9 Å². The Morgan fingerprint density at radius 3 is 1.06 bits per heavy atom. The molecule has 0 aliphatic heterocycles. The van der Waals surface area contributed by atoms with E-state index in [0.29, 0.717) is 19.3 Å². The molecule has 0 aromatic carbocycles. The number of carbonyl (C=O) groups excluding carboxylic acids is 3. The van der Waals surface area contributed by atoms with E-state index in [2.05, 4.69) is 34.6 Å². The number of carbonyl (C=O) groups is 3. The van der Waals surface area contributed by atoms with Crippen LogP contribution in [-0.2, 0) is 28.6 Å². The van der Waals surface area contributed by atoms with Crippen molar-refractivity contribution in [3.05, 3.63) is 0 Å². The third-order valence-corrected chi connectivity index (χ3v) is 11.1. The highest BCUT2D eigenvalue weighted by Crippen LogP contribution is 2.17. The van der Waals surface area contributed by atoms with E-state index in [9.17, 15) is 14.4 Å². The third-order valence-electron chi connectivity index (χ3n) is 11.1. The van der Waals surface area contributed by atoms with E-state index in [-0.39, 0.29) is 31.1 Å². The summed E-state index contributed by atoms with van der Waals surface area (Å²) in [5.74, 6) is 0.797. The second-order valence-electron chi connectivity index (χ2n) is 17.1. The van der Waals surface area contributed by atoms with Crippen LogP contribution in [0.2, 0.25) is 0 Å². The third kappa shape index (κ3) is 40.1. The molecule has 1 unspecified atom stereocenters. The molecule has 0 aromatic heterocycles. The van der Waals surface area contributed by atoms with E-state index in [4.69, 9.17) is 14.2 Å². The standard InChI is InChI=1S/C48H92O6/c1-6-8-9-10-11-18-23-30-35-40-48(51)54-45(42-53-47(50)39-34-29-25-24-26-31-36-43(3)4)41-52-46(49)38-33-28-22-20-17-15-13-12-14-16-19-21-27-32-37-44(5)7-2/h43-45H,6-42H2,1-5H3/t44?,45-/m0/s1. The Morgan fingerprint density at radius 2 is 0.704 bits per heavy atom. The molecule has 0 amide bonds. The largest absolute Gasteiger partial charge is 0.462 e. The minimum absolute atomic E-state index is 0.0653. The monoisotopic (exact) mass is 765 g/mol. The van der Waals surface area contributed by atoms with Gasteiger partial charge in [0.25, 0.3) is 0 Å². The van der Waals surface area contributed by atoms with Crippen molar-refractivity contribution in [2.75, 3.05) is 13.2 Å². The van der Waals surface area contributed by atoms with Crippen LogP contribution in [0.5, 0.6) is 0 Å². The number of unbranched alkanes of at least 4 members (excludes halogenated alkanes) is 26. The van der Waals surface area contributed by atoms with Crippen molar-refractivity contribution in [1.29, 1.82) is 0 Å². The van der Waals surface area contributed by atoms with Crippen LogP contribution in [-0.4, -0.2) is 37.2 Å². The van der Waals surface area contributed by atoms with E-state index in [1.807, 2.05) is 0 Å². The molecule has 6 nitrogen and oxygen atoms in total. The molecule has 0 fully saturated rings. The molecule has 0 radical (unpaired) electrons. The summed E-state index contributed by atoms with van der Waals surface area (Å²) >= 11 is 0. The van der Waals surface area contributed by atoms with E-state index < -0.39 is 6.10 Å². The summed E-state index contributed by atoms with van der Waals surface area (Å²) in [7, 11) is 0. The summed E-state index contributed by atoms with van der Waals surface area (Å²) in [6, 6.07) is 0. The van der Waals surface area contributed by atoms with Gasteiger partial charge in [-0.05, 0) is 31.1 Å². The molecule has 320 valence electrons. The molecule has 0 aliphatic rings. The zero-order chi connectivity index (χ0) is 39.7. The Bertz CT molecular complexity index is 826. The fraction of sp³-hybridized carbons (Fsp3) is 0.938. The lowest BCUT2D eigenvalue weighted by atomic mass is 9.99. The molecule has 0 saturated heterocycles. The average molecular weight is 765 g/mol. The van der Waals surface area contributed by atoms with Crippen molar-refractivity contribution in [2.24, 2.45) is 11.8 Å². The maximum absolute atomic E-state index is 12.7. The normalized spacial score (nSPS) is 12.6. The highest BCUT2D eigenvalue weighted by atomic mass is 16.6. The minimum Gasteiger partial charge on any atom is -0.462 e. The van der Waals surface area contributed by atoms with E-state index in [1.165, 1.54) is 148 Å². The first-order valence-corrected chi connectivity index (χ1v) is 23.8. The summed E-state index contributed by atoms with van der Waals surface area (Å²) in [5, 5.41) is 0. The van der Waals surface area contributed by atoms with Crippen LogP contribution in [0.3, 0.4) is 0 Å². The lowest BCUT2D eigenvalue weighted by molar-refractivity contribution is -0.167. The van der Waals surface area contributed by atoms with Gasteiger partial charge in [-0.2, -0.15) is 0 Å². The Kier molecular flexibility index (Phi) is 39.8. The minimum atomic E-state index is -0.760. The number of hydrogen-bond acceptors (Lipinski definition) is 6. The molecule has 0 heterocycles. The van der Waals surface area contributed by atoms with Gasteiger partial charge in [0.05, 0.1) is 0 Å². The second kappa shape index (κ2) is 41.1. The number of rotatable bonds is 42. The zero-order valence-electron chi connectivity index (χ0n) is 36.8. The number of esters is 3. The first kappa shape index (κ1) is 52.4. The van der Waals surface area contributed by atoms with Gasteiger partial charge in [0.15, 0.2) is 6.10 Å². The maximum atomic E-state index is 12.7. The maximum Gasteiger partial charge on any atom is 0.306 e. The van der Waals surface area contributed by atoms with E-state index >= 15 is 0 Å². The fourth-order valence-electron chi connectivity index (χ4n) is 7.07. The summed E-state index contributed by atoms with van der Waals surface area (Å²) < 4.78 is 16.7. The van der Waals surface area contributed by atoms with Crippen molar-refractivity contribution < 1.29 is 28.6 Å². The summed E-state index contributed by atoms with van der Waals surface area (Å²) in [6.45, 7) is 11.3. The Balaban J connectivity index is 4.21. The molecule has 6 heteroatoms. The topological polar surface area (TPSA) is 78.9 Å². The first-order chi connectivity index (χ1) is 26.3. The zero-order valence-corrected chi connectivity index (χ0v) is 36.8. The molecular formula is C48H92O6. The van der Waals surface area contributed by atoms with Gasteiger partial charge in [-0.15, -0.1) is 0 Å². The molecule has 54 heavy (non-hydrogen) atoms. The Labute approximate surface area is 336 Å². The van der Waals surface area contributed by atoms with Crippen LogP contribution < -0.4 is 0 Å². The first-order valence-electron chi connectivity index (χ1n) is 23.8. The molecule has 0 rings (SSSR count). The molecule has 0 saturated carbocycles. The van der Waals surface area contributed by atoms with Crippen molar-refractivity contribution in [3.63, 3.8) is 0 Å². The lowest BCUT2D eigenvalue weighted by Gasteiger charge is -2.18. The number of hydrogen-bond donors (Lipinski definition) is 0. The van der Waals surface area contributed by atoms with Crippen molar-refractivity contribution in [2.45, 2.75) is 265 Å². The van der Waals surface area contributed by atoms with Gasteiger partial charge in [0.1, 0.15) is 13.2 Å². The molecule has 0 aliphatic carbocycles. The summed E-state index contributed by atoms with van der Waals surface area (Å²) in [4.78, 5) is 37.6. The molecule has 0 spiro atoms. The highest BCUT2D eigenvalue weighted by Gasteiger charge is 2.19. The Morgan fingerprint density at radius 1 is 0.389 bits per heavy atom. The predicted octanol–water partition coefficient (Wildman–Crippen LogP) is 15.0. The summed E-state index contributed by atoms with van der Waals surface area (Å²) in [5.41, 5.74) is 0. The van der Waals surface area contributed by atoms with E-state index in [1.54, 1.807) is 0 Å². The fourth-order valence-corrected chi connectivity index (χ4v) is 7.07. The molecule has 0 bridgehead atoms. The molecule has 0 aromatic rings. The van der Waals surface area contributed by atoms with Gasteiger partial charge >= 0.3 is 17.9 Å². The van der Waals surface area contributed by atoms with Crippen LogP contribution in [0.15, 0.2) is 0 Å². The van der Waals surface area contributed by atoms with Crippen molar-refractivity contribution in [3.8, 4) is 0 Å². The number of ether oxygens (including phenoxy) is 3. The second-order valence-corrected chi connectivity index (χ2v) is 17.1. The van der Waals surface area contributed by atoms with Crippen LogP contribution in [0.4, 0.5) is 0 Å². The van der Waals surface area contributed by atoms with Gasteiger partial charge in [-0.25, -0.2) is 0 Å². The van der Waals surface area contributed by atoms with Gasteiger partial charge in [-0.3, -0.25) is 14.4 Å². The molecular weight excluding hydrogens is 673 g/mol.